The van der Waals surface area contributed by atoms with E-state index in [4.69, 9.17) is 10.1 Å². The molecule has 3 heterocycles. The number of piperidine rings is 1. The van der Waals surface area contributed by atoms with Crippen LogP contribution in [0.2, 0.25) is 0 Å². The first-order valence-electron chi connectivity index (χ1n) is 16.1. The van der Waals surface area contributed by atoms with Crippen LogP contribution in [0.15, 0.2) is 53.9 Å². The molecule has 2 aromatic carbocycles. The van der Waals surface area contributed by atoms with E-state index in [2.05, 4.69) is 38.6 Å². The molecule has 10 nitrogen and oxygen atoms in total. The average Bonchev–Trinajstić information content (AvgIpc) is 3.82. The monoisotopic (exact) mass is 654 g/mol. The van der Waals surface area contributed by atoms with Crippen molar-refractivity contribution in [2.24, 2.45) is 7.05 Å². The Hall–Kier alpha value is -4.48. The van der Waals surface area contributed by atoms with Gasteiger partial charge in [0.2, 0.25) is 5.91 Å². The van der Waals surface area contributed by atoms with Gasteiger partial charge in [0.25, 0.3) is 5.91 Å². The van der Waals surface area contributed by atoms with E-state index in [9.17, 15) is 14.4 Å². The Morgan fingerprint density at radius 1 is 1.04 bits per heavy atom. The summed E-state index contributed by atoms with van der Waals surface area (Å²) in [7, 11) is 8.08. The van der Waals surface area contributed by atoms with Gasteiger partial charge in [0.1, 0.15) is 11.2 Å². The van der Waals surface area contributed by atoms with E-state index in [1.165, 1.54) is 24.5 Å². The summed E-state index contributed by atoms with van der Waals surface area (Å²) in [6.45, 7) is 1.33. The Labute approximate surface area is 279 Å². The lowest BCUT2D eigenvalue weighted by Crippen LogP contribution is -2.61. The number of carboxylic acid groups (broad SMARTS) is 1. The number of carbonyl (C=O) groups excluding carboxylic acids is 2. The van der Waals surface area contributed by atoms with Crippen molar-refractivity contribution in [3.63, 3.8) is 0 Å². The molecule has 6 rings (SSSR count). The van der Waals surface area contributed by atoms with Gasteiger partial charge in [-0.1, -0.05) is 31.0 Å². The molecule has 0 unspecified atom stereocenters. The average molecular weight is 655 g/mol. The molecule has 0 radical (unpaired) electrons. The van der Waals surface area contributed by atoms with Crippen LogP contribution in [0.5, 0.6) is 0 Å². The van der Waals surface area contributed by atoms with Gasteiger partial charge in [-0.25, -0.2) is 9.78 Å². The predicted molar refractivity (Wildman–Crippen MR) is 188 cm³/mol. The number of carbonyl (C=O) groups is 3. The highest BCUT2D eigenvalue weighted by molar-refractivity contribution is 7.14. The van der Waals surface area contributed by atoms with Crippen LogP contribution < -0.4 is 15.5 Å². The fraction of sp³-hybridized carbons (Fsp3) is 0.389. The van der Waals surface area contributed by atoms with E-state index in [-0.39, 0.29) is 11.8 Å². The van der Waals surface area contributed by atoms with Crippen LogP contribution in [-0.2, 0) is 16.6 Å². The lowest BCUT2D eigenvalue weighted by Gasteiger charge is -2.40. The standard InChI is InChI=1S/C36H42N6O4S/c1-40(2)35-38-28(22-47-35)32-31(24-7-5-6-8-24)27-15-12-25(21-29(27)42(32)4)33(45)39-36(17-19-41(3)20-18-36)34(46)37-26-13-9-23(10-14-26)11-16-30(43)44/h9-16,21-22,24H,5-8,17-20H2,1-4H3,(H,37,46)(H,39,45)(H,43,44)/b16-11+. The molecule has 47 heavy (non-hydrogen) atoms. The normalized spacial score (nSPS) is 16.9. The Morgan fingerprint density at radius 2 is 1.74 bits per heavy atom. The van der Waals surface area contributed by atoms with Gasteiger partial charge in [0, 0.05) is 67.8 Å². The van der Waals surface area contributed by atoms with Crippen molar-refractivity contribution in [1.82, 2.24) is 19.8 Å². The van der Waals surface area contributed by atoms with Crippen molar-refractivity contribution in [1.29, 1.82) is 0 Å². The number of anilines is 2. The molecule has 1 saturated heterocycles. The maximum Gasteiger partial charge on any atom is 0.328 e. The van der Waals surface area contributed by atoms with Gasteiger partial charge < -0.3 is 30.1 Å². The van der Waals surface area contributed by atoms with E-state index >= 15 is 0 Å². The highest BCUT2D eigenvalue weighted by atomic mass is 32.1. The highest BCUT2D eigenvalue weighted by Crippen LogP contribution is 2.45. The minimum atomic E-state index is -1.09. The summed E-state index contributed by atoms with van der Waals surface area (Å²) in [5, 5.41) is 19.3. The van der Waals surface area contributed by atoms with Gasteiger partial charge in [0.15, 0.2) is 5.13 Å². The number of hydrogen-bond acceptors (Lipinski definition) is 7. The topological polar surface area (TPSA) is 120 Å². The Bertz CT molecular complexity index is 1830. The summed E-state index contributed by atoms with van der Waals surface area (Å²) in [6, 6.07) is 12.9. The molecule has 11 heteroatoms. The Morgan fingerprint density at radius 3 is 2.38 bits per heavy atom. The van der Waals surface area contributed by atoms with Crippen LogP contribution in [-0.4, -0.2) is 77.1 Å². The molecule has 0 spiro atoms. The van der Waals surface area contributed by atoms with E-state index in [0.29, 0.717) is 48.7 Å². The second-order valence-electron chi connectivity index (χ2n) is 13.0. The number of amides is 2. The summed E-state index contributed by atoms with van der Waals surface area (Å²) in [5.74, 6) is -1.12. The zero-order valence-corrected chi connectivity index (χ0v) is 28.2. The number of hydrogen-bond donors (Lipinski definition) is 3. The number of fused-ring (bicyclic) bond motifs is 1. The molecule has 0 atom stereocenters. The fourth-order valence-electron chi connectivity index (χ4n) is 6.92. The quantitative estimate of drug-likeness (QED) is 0.191. The number of aryl methyl sites for hydroxylation is 1. The minimum absolute atomic E-state index is 0.265. The van der Waals surface area contributed by atoms with Gasteiger partial charge in [-0.3, -0.25) is 9.59 Å². The van der Waals surface area contributed by atoms with E-state index < -0.39 is 11.5 Å². The number of benzene rings is 2. The van der Waals surface area contributed by atoms with Crippen molar-refractivity contribution in [3.8, 4) is 11.4 Å². The SMILES string of the molecule is CN1CCC(NC(=O)c2ccc3c(C4CCCC4)c(-c4csc(N(C)C)n4)n(C)c3c2)(C(=O)Nc2ccc(/C=C/C(=O)O)cc2)CC1. The number of likely N-dealkylation sites (tertiary alicyclic amines) is 1. The van der Waals surface area contributed by atoms with Crippen molar-refractivity contribution < 1.29 is 19.5 Å². The largest absolute Gasteiger partial charge is 0.478 e. The number of rotatable bonds is 9. The molecular formula is C36H42N6O4S. The zero-order valence-electron chi connectivity index (χ0n) is 27.4. The molecule has 1 aliphatic heterocycles. The van der Waals surface area contributed by atoms with Crippen LogP contribution in [0.4, 0.5) is 10.8 Å². The van der Waals surface area contributed by atoms with Crippen LogP contribution in [0.3, 0.4) is 0 Å². The van der Waals surface area contributed by atoms with Gasteiger partial charge in [-0.05, 0) is 80.1 Å². The first kappa shape index (κ1) is 32.5. The highest BCUT2D eigenvalue weighted by Gasteiger charge is 2.42. The molecule has 1 aliphatic carbocycles. The Kier molecular flexibility index (Phi) is 9.20. The van der Waals surface area contributed by atoms with Crippen LogP contribution in [0, 0.1) is 0 Å². The number of nitrogens with zero attached hydrogens (tertiary/aromatic N) is 4. The van der Waals surface area contributed by atoms with Crippen LogP contribution in [0.1, 0.15) is 65.9 Å². The molecule has 246 valence electrons. The van der Waals surface area contributed by atoms with Crippen LogP contribution >= 0.6 is 11.3 Å². The molecule has 0 bridgehead atoms. The summed E-state index contributed by atoms with van der Waals surface area (Å²) < 4.78 is 2.18. The third-order valence-corrected chi connectivity index (χ3v) is 10.6. The smallest absolute Gasteiger partial charge is 0.328 e. The summed E-state index contributed by atoms with van der Waals surface area (Å²) in [5.41, 5.74) is 5.07. The fourth-order valence-corrected chi connectivity index (χ4v) is 7.66. The van der Waals surface area contributed by atoms with Gasteiger partial charge in [-0.2, -0.15) is 0 Å². The number of thiazole rings is 1. The molecule has 1 saturated carbocycles. The van der Waals surface area contributed by atoms with Crippen molar-refractivity contribution >= 4 is 56.9 Å². The summed E-state index contributed by atoms with van der Waals surface area (Å²) in [6.07, 6.45) is 8.23. The molecular weight excluding hydrogens is 613 g/mol. The predicted octanol–water partition coefficient (Wildman–Crippen LogP) is 5.96. The molecule has 3 N–H and O–H groups in total. The maximum absolute atomic E-state index is 14.0. The van der Waals surface area contributed by atoms with Gasteiger partial charge in [0.05, 0.1) is 5.69 Å². The van der Waals surface area contributed by atoms with Gasteiger partial charge >= 0.3 is 5.97 Å². The summed E-state index contributed by atoms with van der Waals surface area (Å²) >= 11 is 1.63. The lowest BCUT2D eigenvalue weighted by atomic mass is 9.86. The molecule has 2 aromatic heterocycles. The van der Waals surface area contributed by atoms with Gasteiger partial charge in [-0.15, -0.1) is 11.3 Å². The third kappa shape index (κ3) is 6.68. The summed E-state index contributed by atoms with van der Waals surface area (Å²) in [4.78, 5) is 47.9. The minimum Gasteiger partial charge on any atom is -0.478 e. The van der Waals surface area contributed by atoms with Crippen molar-refractivity contribution in [2.45, 2.75) is 50.0 Å². The van der Waals surface area contributed by atoms with E-state index in [0.717, 1.165) is 46.3 Å². The zero-order chi connectivity index (χ0) is 33.3. The van der Waals surface area contributed by atoms with E-state index in [1.807, 2.05) is 38.2 Å². The molecule has 4 aromatic rings. The van der Waals surface area contributed by atoms with Crippen molar-refractivity contribution in [2.75, 3.05) is 44.4 Å². The maximum atomic E-state index is 14.0. The first-order valence-corrected chi connectivity index (χ1v) is 17.0. The Balaban J connectivity index is 1.30. The number of aliphatic carboxylic acids is 1. The lowest BCUT2D eigenvalue weighted by molar-refractivity contribution is -0.131. The molecule has 2 amide bonds. The first-order chi connectivity index (χ1) is 22.5. The number of carboxylic acids is 1. The number of nitrogens with one attached hydrogen (secondary N) is 2. The number of aromatic nitrogens is 2. The second-order valence-corrected chi connectivity index (χ2v) is 13.9. The molecule has 2 fully saturated rings. The second kappa shape index (κ2) is 13.3. The van der Waals surface area contributed by atoms with Crippen LogP contribution in [0.25, 0.3) is 28.4 Å². The third-order valence-electron chi connectivity index (χ3n) is 9.60. The van der Waals surface area contributed by atoms with Crippen molar-refractivity contribution in [3.05, 3.63) is 70.6 Å². The molecule has 2 aliphatic rings. The van der Waals surface area contributed by atoms with E-state index in [1.54, 1.807) is 35.6 Å².